The highest BCUT2D eigenvalue weighted by atomic mass is 16.4. The first kappa shape index (κ1) is 14.5. The normalized spacial score (nSPS) is 11.4. The summed E-state index contributed by atoms with van der Waals surface area (Å²) in [6.45, 7) is 5.80. The Kier molecular flexibility index (Phi) is 6.22. The molecule has 92 valence electrons. The van der Waals surface area contributed by atoms with Gasteiger partial charge in [0.15, 0.2) is 0 Å². The molecule has 2 amide bonds. The van der Waals surface area contributed by atoms with Gasteiger partial charge in [-0.25, -0.2) is 4.79 Å². The fraction of sp³-hybridized carbons (Fsp3) is 0.636. The Morgan fingerprint density at radius 2 is 2.00 bits per heavy atom. The van der Waals surface area contributed by atoms with Crippen LogP contribution < -0.4 is 10.6 Å². The number of carbonyl (C=O) groups excluding carboxylic acids is 1. The van der Waals surface area contributed by atoms with Gasteiger partial charge in [0.2, 0.25) is 0 Å². The number of carboxylic acids is 1. The predicted octanol–water partition coefficient (Wildman–Crippen LogP) is 1.51. The third-order valence-electron chi connectivity index (χ3n) is 1.88. The Labute approximate surface area is 95.9 Å². The van der Waals surface area contributed by atoms with Crippen LogP contribution in [-0.4, -0.2) is 29.2 Å². The number of amides is 2. The molecular formula is C11H20N2O3. The summed E-state index contributed by atoms with van der Waals surface area (Å²) in [6, 6.07) is -0.337. The molecule has 0 aliphatic carbocycles. The van der Waals surface area contributed by atoms with Crippen molar-refractivity contribution < 1.29 is 14.7 Å². The number of carboxylic acid groups (broad SMARTS) is 1. The van der Waals surface area contributed by atoms with E-state index in [4.69, 9.17) is 5.11 Å². The molecule has 0 fully saturated rings. The largest absolute Gasteiger partial charge is 0.481 e. The Hall–Kier alpha value is -1.52. The molecule has 5 heteroatoms. The minimum Gasteiger partial charge on any atom is -0.481 e. The quantitative estimate of drug-likeness (QED) is 0.476. The van der Waals surface area contributed by atoms with Crippen LogP contribution in [0.3, 0.4) is 0 Å². The maximum absolute atomic E-state index is 11.4. The Morgan fingerprint density at radius 3 is 2.50 bits per heavy atom. The van der Waals surface area contributed by atoms with Crippen molar-refractivity contribution in [2.75, 3.05) is 6.54 Å². The van der Waals surface area contributed by atoms with Gasteiger partial charge in [0.05, 0.1) is 6.42 Å². The van der Waals surface area contributed by atoms with Gasteiger partial charge in [0.1, 0.15) is 0 Å². The highest BCUT2D eigenvalue weighted by molar-refractivity contribution is 5.76. The molecule has 0 saturated carbocycles. The third kappa shape index (κ3) is 7.84. The van der Waals surface area contributed by atoms with Crippen molar-refractivity contribution in [1.29, 1.82) is 0 Å². The summed E-state index contributed by atoms with van der Waals surface area (Å²) in [4.78, 5) is 21.9. The maximum atomic E-state index is 11.4. The summed E-state index contributed by atoms with van der Waals surface area (Å²) in [5.74, 6) is -0.931. The molecular weight excluding hydrogens is 208 g/mol. The van der Waals surface area contributed by atoms with Crippen LogP contribution in [-0.2, 0) is 4.79 Å². The number of nitrogens with one attached hydrogen (secondary N) is 2. The molecule has 0 aromatic heterocycles. The number of hydrogen-bond donors (Lipinski definition) is 3. The minimum absolute atomic E-state index is 0.102. The van der Waals surface area contributed by atoms with Crippen molar-refractivity contribution in [3.63, 3.8) is 0 Å². The second-order valence-electron chi connectivity index (χ2n) is 4.19. The molecule has 0 spiro atoms. The molecule has 0 heterocycles. The summed E-state index contributed by atoms with van der Waals surface area (Å²) in [7, 11) is 0. The summed E-state index contributed by atoms with van der Waals surface area (Å²) in [5, 5.41) is 13.9. The standard InChI is InChI=1S/C11H20N2O3/c1-4-5-6-7-12-10(16)13-11(2,3)8-9(14)15/h4-5H,6-8H2,1-3H3,(H,14,15)(H2,12,13,16)/b5-4+. The average molecular weight is 228 g/mol. The monoisotopic (exact) mass is 228 g/mol. The van der Waals surface area contributed by atoms with E-state index in [1.165, 1.54) is 0 Å². The van der Waals surface area contributed by atoms with Crippen molar-refractivity contribution in [3.05, 3.63) is 12.2 Å². The molecule has 5 nitrogen and oxygen atoms in total. The first-order valence-electron chi connectivity index (χ1n) is 5.26. The van der Waals surface area contributed by atoms with Crippen LogP contribution in [0.25, 0.3) is 0 Å². The highest BCUT2D eigenvalue weighted by Gasteiger charge is 2.23. The van der Waals surface area contributed by atoms with E-state index in [-0.39, 0.29) is 12.5 Å². The van der Waals surface area contributed by atoms with Gasteiger partial charge >= 0.3 is 12.0 Å². The van der Waals surface area contributed by atoms with Crippen LogP contribution in [0.15, 0.2) is 12.2 Å². The lowest BCUT2D eigenvalue weighted by molar-refractivity contribution is -0.138. The number of urea groups is 1. The zero-order chi connectivity index (χ0) is 12.6. The van der Waals surface area contributed by atoms with Gasteiger partial charge in [-0.15, -0.1) is 0 Å². The van der Waals surface area contributed by atoms with Gasteiger partial charge in [-0.3, -0.25) is 4.79 Å². The van der Waals surface area contributed by atoms with Crippen LogP contribution in [0.4, 0.5) is 4.79 Å². The lowest BCUT2D eigenvalue weighted by Crippen LogP contribution is -2.49. The molecule has 0 aliphatic heterocycles. The predicted molar refractivity (Wildman–Crippen MR) is 62.3 cm³/mol. The topological polar surface area (TPSA) is 78.4 Å². The number of allylic oxidation sites excluding steroid dienone is 1. The summed E-state index contributed by atoms with van der Waals surface area (Å²) in [6.07, 6.45) is 4.52. The SMILES string of the molecule is C/C=C/CCNC(=O)NC(C)(C)CC(=O)O. The molecule has 0 saturated heterocycles. The third-order valence-corrected chi connectivity index (χ3v) is 1.88. The molecule has 0 bridgehead atoms. The van der Waals surface area contributed by atoms with Crippen molar-refractivity contribution in [2.24, 2.45) is 0 Å². The fourth-order valence-corrected chi connectivity index (χ4v) is 1.21. The van der Waals surface area contributed by atoms with Crippen molar-refractivity contribution in [2.45, 2.75) is 39.2 Å². The number of rotatable bonds is 6. The molecule has 0 aromatic carbocycles. The van der Waals surface area contributed by atoms with Crippen LogP contribution in [0, 0.1) is 0 Å². The smallest absolute Gasteiger partial charge is 0.315 e. The second kappa shape index (κ2) is 6.87. The Morgan fingerprint density at radius 1 is 1.38 bits per heavy atom. The van der Waals surface area contributed by atoms with Gasteiger partial charge in [0, 0.05) is 12.1 Å². The fourth-order valence-electron chi connectivity index (χ4n) is 1.21. The zero-order valence-corrected chi connectivity index (χ0v) is 10.0. The van der Waals surface area contributed by atoms with E-state index in [2.05, 4.69) is 10.6 Å². The van der Waals surface area contributed by atoms with Crippen LogP contribution >= 0.6 is 0 Å². The molecule has 0 aliphatic rings. The van der Waals surface area contributed by atoms with Crippen molar-refractivity contribution in [1.82, 2.24) is 10.6 Å². The lowest BCUT2D eigenvalue weighted by Gasteiger charge is -2.24. The molecule has 0 radical (unpaired) electrons. The van der Waals surface area contributed by atoms with E-state index in [0.717, 1.165) is 6.42 Å². The van der Waals surface area contributed by atoms with E-state index in [1.54, 1.807) is 13.8 Å². The number of carbonyl (C=O) groups is 2. The summed E-state index contributed by atoms with van der Waals surface area (Å²) < 4.78 is 0. The van der Waals surface area contributed by atoms with Gasteiger partial charge in [-0.2, -0.15) is 0 Å². The van der Waals surface area contributed by atoms with E-state index in [9.17, 15) is 9.59 Å². The van der Waals surface area contributed by atoms with Gasteiger partial charge < -0.3 is 15.7 Å². The summed E-state index contributed by atoms with van der Waals surface area (Å²) in [5.41, 5.74) is -0.740. The minimum atomic E-state index is -0.931. The maximum Gasteiger partial charge on any atom is 0.315 e. The van der Waals surface area contributed by atoms with E-state index >= 15 is 0 Å². The van der Waals surface area contributed by atoms with Crippen LogP contribution in [0.1, 0.15) is 33.6 Å². The Bertz CT molecular complexity index is 272. The lowest BCUT2D eigenvalue weighted by atomic mass is 10.0. The first-order chi connectivity index (χ1) is 7.37. The molecule has 0 aromatic rings. The second-order valence-corrected chi connectivity index (χ2v) is 4.19. The van der Waals surface area contributed by atoms with Gasteiger partial charge in [-0.1, -0.05) is 12.2 Å². The highest BCUT2D eigenvalue weighted by Crippen LogP contribution is 2.07. The molecule has 3 N–H and O–H groups in total. The molecule has 0 rings (SSSR count). The molecule has 16 heavy (non-hydrogen) atoms. The number of aliphatic carboxylic acids is 1. The number of hydrogen-bond acceptors (Lipinski definition) is 2. The zero-order valence-electron chi connectivity index (χ0n) is 10.0. The van der Waals surface area contributed by atoms with Crippen molar-refractivity contribution >= 4 is 12.0 Å². The Balaban J connectivity index is 3.89. The van der Waals surface area contributed by atoms with E-state index in [1.807, 2.05) is 19.1 Å². The van der Waals surface area contributed by atoms with Gasteiger partial charge in [0.25, 0.3) is 0 Å². The van der Waals surface area contributed by atoms with Crippen molar-refractivity contribution in [3.8, 4) is 0 Å². The van der Waals surface area contributed by atoms with Crippen LogP contribution in [0.5, 0.6) is 0 Å². The molecule has 0 unspecified atom stereocenters. The molecule has 0 atom stereocenters. The summed E-state index contributed by atoms with van der Waals surface area (Å²) >= 11 is 0. The first-order valence-corrected chi connectivity index (χ1v) is 5.26. The van der Waals surface area contributed by atoms with Gasteiger partial charge in [-0.05, 0) is 27.2 Å². The van der Waals surface area contributed by atoms with E-state index in [0.29, 0.717) is 6.54 Å². The van der Waals surface area contributed by atoms with Crippen LogP contribution in [0.2, 0.25) is 0 Å². The average Bonchev–Trinajstić information content (AvgIpc) is 2.09. The van der Waals surface area contributed by atoms with E-state index < -0.39 is 11.5 Å².